The number of carboxylic acid groups (broad SMARTS) is 1. The lowest BCUT2D eigenvalue weighted by Crippen LogP contribution is -2.52. The first-order valence-corrected chi connectivity index (χ1v) is 13.9. The van der Waals surface area contributed by atoms with Gasteiger partial charge in [-0.15, -0.1) is 0 Å². The number of aryl methyl sites for hydroxylation is 1. The van der Waals surface area contributed by atoms with Crippen molar-refractivity contribution < 1.29 is 36.6 Å². The van der Waals surface area contributed by atoms with Crippen molar-refractivity contribution in [3.05, 3.63) is 70.5 Å². The number of hydrogen-bond acceptors (Lipinski definition) is 2. The number of hydrogen-bond donors (Lipinski definition) is 1. The summed E-state index contributed by atoms with van der Waals surface area (Å²) in [5.74, 6) is -1.24. The molecule has 2 aromatic rings. The maximum absolute atomic E-state index is 14.9. The summed E-state index contributed by atoms with van der Waals surface area (Å²) in [7, 11) is 0. The van der Waals surface area contributed by atoms with Gasteiger partial charge >= 0.3 is 12.1 Å². The van der Waals surface area contributed by atoms with Crippen LogP contribution in [0.3, 0.4) is 0 Å². The molecule has 1 amide bonds. The molecule has 0 spiro atoms. The lowest BCUT2D eigenvalue weighted by molar-refractivity contribution is -0.228. The van der Waals surface area contributed by atoms with Crippen molar-refractivity contribution >= 4 is 11.9 Å². The van der Waals surface area contributed by atoms with E-state index in [-0.39, 0.29) is 17.8 Å². The molecule has 0 aromatic heterocycles. The quantitative estimate of drug-likeness (QED) is 0.417. The third kappa shape index (κ3) is 3.82. The Labute approximate surface area is 229 Å². The molecule has 214 valence electrons. The van der Waals surface area contributed by atoms with Gasteiger partial charge in [0.25, 0.3) is 0 Å². The number of alkyl halides is 4. The van der Waals surface area contributed by atoms with Crippen LogP contribution in [0.5, 0.6) is 0 Å². The lowest BCUT2D eigenvalue weighted by Gasteiger charge is -2.45. The Morgan fingerprint density at radius 1 is 0.975 bits per heavy atom. The Balaban J connectivity index is 1.39. The SMILES string of the molecule is CC(F)(c1ccc2c(c1)CC[C@H]1N(C(=O)C34CCC(C(=O)O)(CC3)C4)CC[C@@]21Cc1ccc(F)cc1)C(F)(F)F. The number of carbonyl (C=O) groups excluding carboxylic acids is 1. The van der Waals surface area contributed by atoms with Gasteiger partial charge in [0, 0.05) is 18.0 Å². The highest BCUT2D eigenvalue weighted by Gasteiger charge is 2.64. The zero-order valence-corrected chi connectivity index (χ0v) is 22.3. The highest BCUT2D eigenvalue weighted by Crippen LogP contribution is 2.63. The molecule has 4 nitrogen and oxygen atoms in total. The van der Waals surface area contributed by atoms with Crippen LogP contribution < -0.4 is 0 Å². The molecule has 1 unspecified atom stereocenters. The van der Waals surface area contributed by atoms with E-state index in [1.54, 1.807) is 18.2 Å². The van der Waals surface area contributed by atoms with Crippen LogP contribution in [0.25, 0.3) is 0 Å². The molecule has 1 saturated heterocycles. The summed E-state index contributed by atoms with van der Waals surface area (Å²) in [5.41, 5.74) is -3.83. The number of carboxylic acids is 1. The van der Waals surface area contributed by atoms with E-state index < -0.39 is 39.6 Å². The summed E-state index contributed by atoms with van der Waals surface area (Å²) in [6.45, 7) is 0.974. The maximum atomic E-state index is 14.9. The molecule has 3 atom stereocenters. The second kappa shape index (κ2) is 8.76. The minimum Gasteiger partial charge on any atom is -0.481 e. The van der Waals surface area contributed by atoms with E-state index >= 15 is 0 Å². The Morgan fingerprint density at radius 2 is 1.62 bits per heavy atom. The molecular formula is C31H32F5NO3. The molecule has 2 aromatic carbocycles. The molecule has 3 aliphatic carbocycles. The van der Waals surface area contributed by atoms with Crippen LogP contribution in [0, 0.1) is 16.6 Å². The topological polar surface area (TPSA) is 57.6 Å². The lowest BCUT2D eigenvalue weighted by atomic mass is 9.63. The Hall–Kier alpha value is -2.97. The van der Waals surface area contributed by atoms with E-state index in [1.165, 1.54) is 24.3 Å². The molecular weight excluding hydrogens is 529 g/mol. The van der Waals surface area contributed by atoms with E-state index in [9.17, 15) is 36.6 Å². The van der Waals surface area contributed by atoms with Crippen molar-refractivity contribution in [1.82, 2.24) is 4.90 Å². The molecule has 6 rings (SSSR count). The van der Waals surface area contributed by atoms with Crippen molar-refractivity contribution in [2.45, 2.75) is 88.0 Å². The average Bonchev–Trinajstić information content (AvgIpc) is 3.61. The standard InChI is InChI=1S/C31H32F5NO3/c1-27(33,31(34,35)36)21-5-8-23-20(16-21)4-9-24-30(23,17-19-2-6-22(32)7-3-19)14-15-37(24)25(38)28-10-12-29(18-28,13-11-28)26(39)40/h2-3,5-8,16,24H,4,9-15,17-18H2,1H3,(H,39,40)/t24-,27?,28?,29?,30-/m1/s1. The van der Waals surface area contributed by atoms with Gasteiger partial charge < -0.3 is 10.0 Å². The van der Waals surface area contributed by atoms with E-state index in [0.29, 0.717) is 76.8 Å². The molecule has 1 aliphatic heterocycles. The molecule has 0 radical (unpaired) electrons. The molecule has 9 heteroatoms. The third-order valence-corrected chi connectivity index (χ3v) is 10.7. The van der Waals surface area contributed by atoms with Crippen LogP contribution in [-0.2, 0) is 33.5 Å². The Bertz CT molecular complexity index is 1360. The largest absolute Gasteiger partial charge is 0.481 e. The van der Waals surface area contributed by atoms with Gasteiger partial charge in [-0.2, -0.15) is 13.2 Å². The van der Waals surface area contributed by atoms with Gasteiger partial charge in [0.1, 0.15) is 5.82 Å². The molecule has 1 heterocycles. The Morgan fingerprint density at radius 3 is 2.23 bits per heavy atom. The van der Waals surface area contributed by atoms with Crippen LogP contribution in [-0.4, -0.2) is 40.6 Å². The van der Waals surface area contributed by atoms with Crippen molar-refractivity contribution in [1.29, 1.82) is 0 Å². The van der Waals surface area contributed by atoms with Gasteiger partial charge in [-0.25, -0.2) is 8.78 Å². The van der Waals surface area contributed by atoms with Gasteiger partial charge in [0.2, 0.25) is 11.6 Å². The predicted molar refractivity (Wildman–Crippen MR) is 137 cm³/mol. The number of fused-ring (bicyclic) bond motifs is 5. The maximum Gasteiger partial charge on any atom is 0.426 e. The summed E-state index contributed by atoms with van der Waals surface area (Å²) >= 11 is 0. The molecule has 4 aliphatic rings. The van der Waals surface area contributed by atoms with E-state index in [2.05, 4.69) is 0 Å². The van der Waals surface area contributed by atoms with Crippen molar-refractivity contribution in [2.75, 3.05) is 6.54 Å². The number of benzene rings is 2. The van der Waals surface area contributed by atoms with Crippen molar-refractivity contribution in [3.63, 3.8) is 0 Å². The van der Waals surface area contributed by atoms with Crippen LogP contribution in [0.1, 0.15) is 74.1 Å². The summed E-state index contributed by atoms with van der Waals surface area (Å²) in [4.78, 5) is 28.1. The van der Waals surface area contributed by atoms with Crippen LogP contribution in [0.2, 0.25) is 0 Å². The number of likely N-dealkylation sites (tertiary alicyclic amines) is 1. The van der Waals surface area contributed by atoms with Crippen LogP contribution >= 0.6 is 0 Å². The second-order valence-electron chi connectivity index (χ2n) is 12.7. The molecule has 3 fully saturated rings. The van der Waals surface area contributed by atoms with Gasteiger partial charge in [0.05, 0.1) is 10.8 Å². The summed E-state index contributed by atoms with van der Waals surface area (Å²) < 4.78 is 69.2. The fraction of sp³-hybridized carbons (Fsp3) is 0.548. The molecule has 2 saturated carbocycles. The first-order valence-electron chi connectivity index (χ1n) is 13.9. The van der Waals surface area contributed by atoms with Crippen LogP contribution in [0.15, 0.2) is 42.5 Å². The van der Waals surface area contributed by atoms with Crippen molar-refractivity contribution in [2.24, 2.45) is 10.8 Å². The monoisotopic (exact) mass is 561 g/mol. The molecule has 1 N–H and O–H groups in total. The van der Waals surface area contributed by atoms with Gasteiger partial charge in [0.15, 0.2) is 0 Å². The molecule has 2 bridgehead atoms. The van der Waals surface area contributed by atoms with E-state index in [4.69, 9.17) is 0 Å². The van der Waals surface area contributed by atoms with Gasteiger partial charge in [-0.1, -0.05) is 30.3 Å². The fourth-order valence-electron chi connectivity index (χ4n) is 8.32. The Kier molecular flexibility index (Phi) is 5.96. The zero-order valence-electron chi connectivity index (χ0n) is 22.3. The number of nitrogens with zero attached hydrogens (tertiary/aromatic N) is 1. The highest BCUT2D eigenvalue weighted by molar-refractivity contribution is 5.88. The molecule has 40 heavy (non-hydrogen) atoms. The smallest absolute Gasteiger partial charge is 0.426 e. The minimum atomic E-state index is -5.06. The normalized spacial score (nSPS) is 32.5. The van der Waals surface area contributed by atoms with E-state index in [1.807, 2.05) is 4.90 Å². The first-order chi connectivity index (χ1) is 18.7. The van der Waals surface area contributed by atoms with Crippen molar-refractivity contribution in [3.8, 4) is 0 Å². The average molecular weight is 562 g/mol. The summed E-state index contributed by atoms with van der Waals surface area (Å²) in [5, 5.41) is 9.85. The number of rotatable bonds is 5. The minimum absolute atomic E-state index is 0.0208. The number of halogens is 5. The highest BCUT2D eigenvalue weighted by atomic mass is 19.4. The number of aliphatic carboxylic acids is 1. The zero-order chi connectivity index (χ0) is 28.7. The van der Waals surface area contributed by atoms with E-state index in [0.717, 1.165) is 11.1 Å². The predicted octanol–water partition coefficient (Wildman–Crippen LogP) is 6.64. The summed E-state index contributed by atoms with van der Waals surface area (Å²) in [6.07, 6.45) is -0.770. The number of carbonyl (C=O) groups is 2. The number of amides is 1. The van der Waals surface area contributed by atoms with Gasteiger partial charge in [-0.3, -0.25) is 9.59 Å². The van der Waals surface area contributed by atoms with Gasteiger partial charge in [-0.05, 0) is 99.1 Å². The van der Waals surface area contributed by atoms with Crippen LogP contribution in [0.4, 0.5) is 22.0 Å². The fourth-order valence-corrected chi connectivity index (χ4v) is 8.32. The second-order valence-corrected chi connectivity index (χ2v) is 12.7. The third-order valence-electron chi connectivity index (χ3n) is 10.7. The first kappa shape index (κ1) is 27.2. The summed E-state index contributed by atoms with van der Waals surface area (Å²) in [6, 6.07) is 9.97.